The maximum absolute atomic E-state index is 13.5. The standard InChI is InChI=1S/C27H25N3O4S/c1-18(31)20-11-8-12-21(17-20)28-25(32)24(19-9-4-3-5-10-19)35-27-29-23-14-7-6-13-22(23)26(33)30(27)15-16-34-2/h3-14,17,24H,15-16H2,1-2H3,(H,28,32)/t24-/m1/s1. The van der Waals surface area contributed by atoms with Crippen molar-refractivity contribution < 1.29 is 14.3 Å². The monoisotopic (exact) mass is 487 g/mol. The first-order valence-electron chi connectivity index (χ1n) is 11.1. The molecule has 1 atom stereocenters. The van der Waals surface area contributed by atoms with Gasteiger partial charge in [0.1, 0.15) is 5.25 Å². The van der Waals surface area contributed by atoms with E-state index in [1.807, 2.05) is 36.4 Å². The van der Waals surface area contributed by atoms with Gasteiger partial charge in [0.2, 0.25) is 5.91 Å². The van der Waals surface area contributed by atoms with E-state index >= 15 is 0 Å². The number of rotatable bonds is 9. The number of Topliss-reactive ketones (excluding diaryl/α,β-unsaturated/α-hetero) is 1. The zero-order valence-corrected chi connectivity index (χ0v) is 20.2. The van der Waals surface area contributed by atoms with E-state index in [0.29, 0.717) is 40.5 Å². The number of fused-ring (bicyclic) bond motifs is 1. The van der Waals surface area contributed by atoms with E-state index in [-0.39, 0.29) is 17.2 Å². The van der Waals surface area contributed by atoms with Gasteiger partial charge in [-0.15, -0.1) is 0 Å². The molecule has 0 unspecified atom stereocenters. The molecule has 4 rings (SSSR count). The van der Waals surface area contributed by atoms with Crippen molar-refractivity contribution in [1.29, 1.82) is 0 Å². The van der Waals surface area contributed by atoms with Crippen molar-refractivity contribution in [3.05, 3.63) is 100 Å². The predicted octanol–water partition coefficient (Wildman–Crippen LogP) is 4.72. The number of carbonyl (C=O) groups excluding carboxylic acids is 2. The Hall–Kier alpha value is -3.75. The number of ether oxygens (including phenoxy) is 1. The third kappa shape index (κ3) is 5.67. The van der Waals surface area contributed by atoms with Crippen LogP contribution in [0.1, 0.15) is 28.1 Å². The fourth-order valence-corrected chi connectivity index (χ4v) is 4.77. The van der Waals surface area contributed by atoms with Gasteiger partial charge in [-0.3, -0.25) is 19.0 Å². The lowest BCUT2D eigenvalue weighted by Crippen LogP contribution is -2.26. The number of amides is 1. The van der Waals surface area contributed by atoms with Crippen LogP contribution in [-0.4, -0.2) is 35.0 Å². The number of ketones is 1. The summed E-state index contributed by atoms with van der Waals surface area (Å²) in [5, 5.41) is 3.16. The molecule has 0 spiro atoms. The van der Waals surface area contributed by atoms with Crippen LogP contribution in [0.2, 0.25) is 0 Å². The summed E-state index contributed by atoms with van der Waals surface area (Å²) < 4.78 is 6.76. The largest absolute Gasteiger partial charge is 0.383 e. The van der Waals surface area contributed by atoms with Crippen LogP contribution in [0.4, 0.5) is 5.69 Å². The number of nitrogens with one attached hydrogen (secondary N) is 1. The summed E-state index contributed by atoms with van der Waals surface area (Å²) in [4.78, 5) is 43.3. The second-order valence-corrected chi connectivity index (χ2v) is 8.97. The molecule has 0 fully saturated rings. The van der Waals surface area contributed by atoms with E-state index in [1.54, 1.807) is 54.1 Å². The number of hydrogen-bond donors (Lipinski definition) is 1. The summed E-state index contributed by atoms with van der Waals surface area (Å²) >= 11 is 1.20. The molecule has 1 amide bonds. The number of para-hydroxylation sites is 1. The minimum atomic E-state index is -0.695. The van der Waals surface area contributed by atoms with Gasteiger partial charge in [0, 0.05) is 18.4 Å². The molecule has 4 aromatic rings. The van der Waals surface area contributed by atoms with Crippen molar-refractivity contribution in [3.63, 3.8) is 0 Å². The lowest BCUT2D eigenvalue weighted by molar-refractivity contribution is -0.115. The summed E-state index contributed by atoms with van der Waals surface area (Å²) in [6.07, 6.45) is 0. The Morgan fingerprint density at radius 2 is 1.77 bits per heavy atom. The van der Waals surface area contributed by atoms with Gasteiger partial charge >= 0.3 is 0 Å². The van der Waals surface area contributed by atoms with Crippen LogP contribution >= 0.6 is 11.8 Å². The third-order valence-corrected chi connectivity index (χ3v) is 6.69. The van der Waals surface area contributed by atoms with E-state index in [9.17, 15) is 14.4 Å². The van der Waals surface area contributed by atoms with Crippen molar-refractivity contribution in [2.24, 2.45) is 0 Å². The fourth-order valence-electron chi connectivity index (χ4n) is 3.65. The van der Waals surface area contributed by atoms with E-state index < -0.39 is 5.25 Å². The number of carbonyl (C=O) groups is 2. The molecular weight excluding hydrogens is 462 g/mol. The Balaban J connectivity index is 1.74. The topological polar surface area (TPSA) is 90.3 Å². The molecule has 0 saturated heterocycles. The molecule has 1 heterocycles. The van der Waals surface area contributed by atoms with Crippen molar-refractivity contribution in [3.8, 4) is 0 Å². The molecule has 8 heteroatoms. The average Bonchev–Trinajstić information content (AvgIpc) is 2.87. The highest BCUT2D eigenvalue weighted by Crippen LogP contribution is 2.35. The second-order valence-electron chi connectivity index (χ2n) is 7.90. The van der Waals surface area contributed by atoms with Crippen molar-refractivity contribution >= 4 is 40.0 Å². The molecule has 1 aromatic heterocycles. The van der Waals surface area contributed by atoms with Crippen LogP contribution in [0.25, 0.3) is 10.9 Å². The van der Waals surface area contributed by atoms with Gasteiger partial charge in [-0.25, -0.2) is 4.98 Å². The van der Waals surface area contributed by atoms with Crippen molar-refractivity contribution in [2.75, 3.05) is 19.0 Å². The van der Waals surface area contributed by atoms with Crippen LogP contribution in [0.3, 0.4) is 0 Å². The van der Waals surface area contributed by atoms with Gasteiger partial charge in [0.15, 0.2) is 10.9 Å². The van der Waals surface area contributed by atoms with Gasteiger partial charge in [0.25, 0.3) is 5.56 Å². The van der Waals surface area contributed by atoms with Crippen LogP contribution in [0.5, 0.6) is 0 Å². The Labute approximate surface area is 207 Å². The molecule has 0 saturated carbocycles. The second kappa shape index (κ2) is 11.1. The van der Waals surface area contributed by atoms with Crippen LogP contribution in [-0.2, 0) is 16.1 Å². The van der Waals surface area contributed by atoms with Crippen molar-refractivity contribution in [2.45, 2.75) is 23.9 Å². The number of methoxy groups -OCH3 is 1. The van der Waals surface area contributed by atoms with Gasteiger partial charge in [0.05, 0.1) is 24.1 Å². The summed E-state index contributed by atoms with van der Waals surface area (Å²) in [7, 11) is 1.57. The fraction of sp³-hybridized carbons (Fsp3) is 0.185. The first-order valence-corrected chi connectivity index (χ1v) is 12.0. The quantitative estimate of drug-likeness (QED) is 0.209. The van der Waals surface area contributed by atoms with Crippen LogP contribution in [0.15, 0.2) is 88.8 Å². The minimum Gasteiger partial charge on any atom is -0.383 e. The number of hydrogen-bond acceptors (Lipinski definition) is 6. The maximum Gasteiger partial charge on any atom is 0.262 e. The zero-order valence-electron chi connectivity index (χ0n) is 19.4. The Morgan fingerprint density at radius 3 is 2.51 bits per heavy atom. The first-order chi connectivity index (χ1) is 17.0. The lowest BCUT2D eigenvalue weighted by atomic mass is 10.1. The highest BCUT2D eigenvalue weighted by atomic mass is 32.2. The normalized spacial score (nSPS) is 11.8. The minimum absolute atomic E-state index is 0.0855. The Morgan fingerprint density at radius 1 is 1.03 bits per heavy atom. The molecule has 178 valence electrons. The van der Waals surface area contributed by atoms with E-state index in [0.717, 1.165) is 5.56 Å². The predicted molar refractivity (Wildman–Crippen MR) is 138 cm³/mol. The smallest absolute Gasteiger partial charge is 0.262 e. The molecule has 7 nitrogen and oxygen atoms in total. The molecule has 35 heavy (non-hydrogen) atoms. The van der Waals surface area contributed by atoms with Gasteiger partial charge in [-0.1, -0.05) is 66.4 Å². The van der Waals surface area contributed by atoms with Gasteiger partial charge < -0.3 is 10.1 Å². The van der Waals surface area contributed by atoms with Crippen LogP contribution in [0, 0.1) is 0 Å². The molecule has 0 aliphatic rings. The molecule has 0 radical (unpaired) electrons. The van der Waals surface area contributed by atoms with E-state index in [2.05, 4.69) is 5.32 Å². The summed E-state index contributed by atoms with van der Waals surface area (Å²) in [6.45, 7) is 2.11. The number of anilines is 1. The molecule has 3 aromatic carbocycles. The molecular formula is C27H25N3O4S. The number of benzene rings is 3. The van der Waals surface area contributed by atoms with Gasteiger partial charge in [-0.05, 0) is 36.8 Å². The summed E-state index contributed by atoms with van der Waals surface area (Å²) in [6, 6.07) is 23.3. The Bertz CT molecular complexity index is 1420. The van der Waals surface area contributed by atoms with Crippen LogP contribution < -0.4 is 10.9 Å². The van der Waals surface area contributed by atoms with Gasteiger partial charge in [-0.2, -0.15) is 0 Å². The molecule has 0 aliphatic heterocycles. The zero-order chi connectivity index (χ0) is 24.8. The van der Waals surface area contributed by atoms with Crippen molar-refractivity contribution in [1.82, 2.24) is 9.55 Å². The highest BCUT2D eigenvalue weighted by molar-refractivity contribution is 8.00. The SMILES string of the molecule is COCCn1c(S[C@@H](C(=O)Nc2cccc(C(C)=O)c2)c2ccccc2)nc2ccccc2c1=O. The number of thioether (sulfide) groups is 1. The highest BCUT2D eigenvalue weighted by Gasteiger charge is 2.25. The lowest BCUT2D eigenvalue weighted by Gasteiger charge is -2.19. The van der Waals surface area contributed by atoms with E-state index in [1.165, 1.54) is 18.7 Å². The average molecular weight is 488 g/mol. The first kappa shape index (κ1) is 24.4. The Kier molecular flexibility index (Phi) is 7.74. The number of aromatic nitrogens is 2. The number of nitrogens with zero attached hydrogens (tertiary/aromatic N) is 2. The maximum atomic E-state index is 13.5. The molecule has 0 aliphatic carbocycles. The summed E-state index contributed by atoms with van der Waals surface area (Å²) in [5.74, 6) is -0.375. The third-order valence-electron chi connectivity index (χ3n) is 5.45. The molecule has 0 bridgehead atoms. The van der Waals surface area contributed by atoms with E-state index in [4.69, 9.17) is 9.72 Å². The summed E-state index contributed by atoms with van der Waals surface area (Å²) in [5.41, 5.74) is 2.17. The molecule has 1 N–H and O–H groups in total.